The molecule has 0 spiro atoms. The topological polar surface area (TPSA) is 21.3 Å². The number of benzene rings is 1. The Bertz CT molecular complexity index is 413. The van der Waals surface area contributed by atoms with Gasteiger partial charge in [-0.1, -0.05) is 23.7 Å². The second-order valence-electron chi connectivity index (χ2n) is 5.74. The van der Waals surface area contributed by atoms with Crippen LogP contribution in [0.4, 0.5) is 0 Å². The van der Waals surface area contributed by atoms with E-state index in [4.69, 9.17) is 16.3 Å². The minimum absolute atomic E-state index is 0.263. The van der Waals surface area contributed by atoms with Crippen LogP contribution in [0.25, 0.3) is 0 Å². The maximum Gasteiger partial charge on any atom is 0.0589 e. The van der Waals surface area contributed by atoms with Gasteiger partial charge in [-0.3, -0.25) is 0 Å². The summed E-state index contributed by atoms with van der Waals surface area (Å²) < 4.78 is 5.98. The molecule has 18 heavy (non-hydrogen) atoms. The Morgan fingerprint density at radius 2 is 2.00 bits per heavy atom. The van der Waals surface area contributed by atoms with Crippen molar-refractivity contribution in [1.29, 1.82) is 0 Å². The van der Waals surface area contributed by atoms with E-state index in [-0.39, 0.29) is 5.41 Å². The highest BCUT2D eigenvalue weighted by atomic mass is 35.5. The second kappa shape index (κ2) is 4.84. The summed E-state index contributed by atoms with van der Waals surface area (Å²) in [4.78, 5) is 0. The number of hydrogen-bond donors (Lipinski definition) is 1. The molecule has 3 rings (SSSR count). The van der Waals surface area contributed by atoms with Crippen LogP contribution < -0.4 is 5.32 Å². The third kappa shape index (κ3) is 2.29. The van der Waals surface area contributed by atoms with Crippen molar-refractivity contribution in [2.45, 2.75) is 43.8 Å². The molecule has 2 heterocycles. The van der Waals surface area contributed by atoms with E-state index in [1.165, 1.54) is 18.4 Å². The lowest BCUT2D eigenvalue weighted by Crippen LogP contribution is -2.58. The van der Waals surface area contributed by atoms with Crippen LogP contribution >= 0.6 is 11.6 Å². The maximum atomic E-state index is 5.98. The van der Waals surface area contributed by atoms with Gasteiger partial charge < -0.3 is 10.1 Å². The fourth-order valence-corrected chi connectivity index (χ4v) is 3.29. The summed E-state index contributed by atoms with van der Waals surface area (Å²) in [6, 6.07) is 8.33. The molecular weight excluding hydrogens is 246 g/mol. The Kier molecular flexibility index (Phi) is 3.35. The predicted octanol–water partition coefficient (Wildman–Crippen LogP) is 3.14. The number of rotatable bonds is 3. The molecule has 2 aliphatic heterocycles. The van der Waals surface area contributed by atoms with E-state index in [2.05, 4.69) is 24.4 Å². The molecule has 1 aromatic carbocycles. The van der Waals surface area contributed by atoms with E-state index in [1.54, 1.807) is 0 Å². The van der Waals surface area contributed by atoms with E-state index < -0.39 is 0 Å². The molecule has 2 nitrogen and oxygen atoms in total. The van der Waals surface area contributed by atoms with Gasteiger partial charge in [0.15, 0.2) is 0 Å². The van der Waals surface area contributed by atoms with Gasteiger partial charge >= 0.3 is 0 Å². The first-order chi connectivity index (χ1) is 8.68. The third-order valence-electron chi connectivity index (χ3n) is 4.32. The van der Waals surface area contributed by atoms with E-state index in [9.17, 15) is 0 Å². The summed E-state index contributed by atoms with van der Waals surface area (Å²) in [5.74, 6) is 0. The Morgan fingerprint density at radius 3 is 2.50 bits per heavy atom. The molecule has 0 aromatic heterocycles. The molecule has 1 N–H and O–H groups in total. The van der Waals surface area contributed by atoms with Crippen LogP contribution in [0.3, 0.4) is 0 Å². The van der Waals surface area contributed by atoms with Crippen molar-refractivity contribution in [3.05, 3.63) is 34.9 Å². The highest BCUT2D eigenvalue weighted by molar-refractivity contribution is 6.30. The monoisotopic (exact) mass is 265 g/mol. The van der Waals surface area contributed by atoms with Crippen LogP contribution in [0.15, 0.2) is 24.3 Å². The number of halogens is 1. The molecule has 2 aliphatic rings. The number of hydrogen-bond acceptors (Lipinski definition) is 2. The minimum atomic E-state index is 0.263. The standard InChI is InChI=1S/C15H20ClNO/c1-11-2-7-14(18-11)8-15(9-17-10-15)12-3-5-13(16)6-4-12/h3-6,11,14,17H,2,7-10H2,1H3. The zero-order chi connectivity index (χ0) is 12.6. The van der Waals surface area contributed by atoms with Crippen LogP contribution in [0.5, 0.6) is 0 Å². The van der Waals surface area contributed by atoms with Gasteiger partial charge in [-0.2, -0.15) is 0 Å². The van der Waals surface area contributed by atoms with Crippen molar-refractivity contribution in [3.63, 3.8) is 0 Å². The predicted molar refractivity (Wildman–Crippen MR) is 74.2 cm³/mol. The average Bonchev–Trinajstić information content (AvgIpc) is 2.71. The van der Waals surface area contributed by atoms with Crippen LogP contribution in [-0.2, 0) is 10.2 Å². The Hall–Kier alpha value is -0.570. The van der Waals surface area contributed by atoms with Gasteiger partial charge in [0.25, 0.3) is 0 Å². The van der Waals surface area contributed by atoms with Crippen molar-refractivity contribution in [3.8, 4) is 0 Å². The fraction of sp³-hybridized carbons (Fsp3) is 0.600. The molecule has 2 fully saturated rings. The molecular formula is C15H20ClNO. The molecule has 3 heteroatoms. The molecule has 2 unspecified atom stereocenters. The van der Waals surface area contributed by atoms with Gasteiger partial charge in [-0.25, -0.2) is 0 Å². The maximum absolute atomic E-state index is 5.98. The number of ether oxygens (including phenoxy) is 1. The van der Waals surface area contributed by atoms with Gasteiger partial charge in [0.2, 0.25) is 0 Å². The summed E-state index contributed by atoms with van der Waals surface area (Å²) in [5, 5.41) is 4.22. The first-order valence-electron chi connectivity index (χ1n) is 6.80. The highest BCUT2D eigenvalue weighted by Gasteiger charge is 2.42. The first-order valence-corrected chi connectivity index (χ1v) is 7.18. The molecule has 0 radical (unpaired) electrons. The van der Waals surface area contributed by atoms with Crippen molar-refractivity contribution < 1.29 is 4.74 Å². The average molecular weight is 266 g/mol. The van der Waals surface area contributed by atoms with Crippen molar-refractivity contribution in [2.75, 3.05) is 13.1 Å². The summed E-state index contributed by atoms with van der Waals surface area (Å²) in [6.45, 7) is 4.29. The van der Waals surface area contributed by atoms with Crippen LogP contribution in [0.2, 0.25) is 5.02 Å². The quantitative estimate of drug-likeness (QED) is 0.907. The van der Waals surface area contributed by atoms with Gasteiger partial charge in [-0.05, 0) is 43.9 Å². The summed E-state index contributed by atoms with van der Waals surface area (Å²) in [5.41, 5.74) is 1.66. The number of nitrogens with one attached hydrogen (secondary N) is 1. The van der Waals surface area contributed by atoms with Crippen LogP contribution in [0, 0.1) is 0 Å². The van der Waals surface area contributed by atoms with Crippen molar-refractivity contribution in [1.82, 2.24) is 5.32 Å². The first kappa shape index (κ1) is 12.5. The SMILES string of the molecule is CC1CCC(CC2(c3ccc(Cl)cc3)CNC2)O1. The lowest BCUT2D eigenvalue weighted by molar-refractivity contribution is 0.0273. The highest BCUT2D eigenvalue weighted by Crippen LogP contribution is 2.37. The normalized spacial score (nSPS) is 30.1. The summed E-state index contributed by atoms with van der Waals surface area (Å²) >= 11 is 5.97. The van der Waals surface area contributed by atoms with Crippen LogP contribution in [0.1, 0.15) is 31.7 Å². The van der Waals surface area contributed by atoms with E-state index in [1.807, 2.05) is 12.1 Å². The summed E-state index contributed by atoms with van der Waals surface area (Å²) in [7, 11) is 0. The fourth-order valence-electron chi connectivity index (χ4n) is 3.17. The molecule has 98 valence electrons. The summed E-state index contributed by atoms with van der Waals surface area (Å²) in [6.07, 6.45) is 4.40. The molecule has 2 atom stereocenters. The Balaban J connectivity index is 1.75. The molecule has 1 aromatic rings. The van der Waals surface area contributed by atoms with E-state index >= 15 is 0 Å². The largest absolute Gasteiger partial charge is 0.375 e. The van der Waals surface area contributed by atoms with Gasteiger partial charge in [0.05, 0.1) is 12.2 Å². The molecule has 0 aliphatic carbocycles. The smallest absolute Gasteiger partial charge is 0.0589 e. The molecule has 0 bridgehead atoms. The Labute approximate surface area is 114 Å². The second-order valence-corrected chi connectivity index (χ2v) is 6.18. The van der Waals surface area contributed by atoms with Crippen molar-refractivity contribution >= 4 is 11.6 Å². The van der Waals surface area contributed by atoms with E-state index in [0.29, 0.717) is 12.2 Å². The van der Waals surface area contributed by atoms with Gasteiger partial charge in [0.1, 0.15) is 0 Å². The van der Waals surface area contributed by atoms with E-state index in [0.717, 1.165) is 24.5 Å². The zero-order valence-corrected chi connectivity index (χ0v) is 11.5. The lowest BCUT2D eigenvalue weighted by atomic mass is 9.71. The zero-order valence-electron chi connectivity index (χ0n) is 10.8. The molecule has 0 saturated carbocycles. The Morgan fingerprint density at radius 1 is 1.28 bits per heavy atom. The van der Waals surface area contributed by atoms with Gasteiger partial charge in [0, 0.05) is 23.5 Å². The van der Waals surface area contributed by atoms with Crippen molar-refractivity contribution in [2.24, 2.45) is 0 Å². The third-order valence-corrected chi connectivity index (χ3v) is 4.57. The van der Waals surface area contributed by atoms with Gasteiger partial charge in [-0.15, -0.1) is 0 Å². The lowest BCUT2D eigenvalue weighted by Gasteiger charge is -2.44. The van der Waals surface area contributed by atoms with Crippen LogP contribution in [-0.4, -0.2) is 25.3 Å². The molecule has 0 amide bonds. The minimum Gasteiger partial charge on any atom is -0.375 e. The molecule has 2 saturated heterocycles.